The number of carbonyl (C=O) groups is 1. The Labute approximate surface area is 144 Å². The van der Waals surface area contributed by atoms with Gasteiger partial charge in [0.1, 0.15) is 0 Å². The molecule has 1 atom stereocenters. The molecule has 1 saturated heterocycles. The van der Waals surface area contributed by atoms with Crippen molar-refractivity contribution in [2.24, 2.45) is 0 Å². The van der Waals surface area contributed by atoms with E-state index in [0.29, 0.717) is 13.0 Å². The van der Waals surface area contributed by atoms with Gasteiger partial charge in [-0.15, -0.1) is 0 Å². The molecule has 1 unspecified atom stereocenters. The van der Waals surface area contributed by atoms with Gasteiger partial charge in [0.15, 0.2) is 0 Å². The van der Waals surface area contributed by atoms with Gasteiger partial charge >= 0.3 is 0 Å². The lowest BCUT2D eigenvalue weighted by Gasteiger charge is -2.28. The van der Waals surface area contributed by atoms with Gasteiger partial charge in [-0.05, 0) is 44.0 Å². The highest BCUT2D eigenvalue weighted by atomic mass is 16.1. The highest BCUT2D eigenvalue weighted by Crippen LogP contribution is 2.24. The number of rotatable bonds is 6. The molecule has 1 amide bonds. The molecule has 126 valence electrons. The van der Waals surface area contributed by atoms with Gasteiger partial charge in [-0.3, -0.25) is 9.69 Å². The van der Waals surface area contributed by atoms with Crippen molar-refractivity contribution in [2.45, 2.75) is 32.2 Å². The summed E-state index contributed by atoms with van der Waals surface area (Å²) in [5.41, 5.74) is 3.57. The number of aryl methyl sites for hydroxylation is 1. The summed E-state index contributed by atoms with van der Waals surface area (Å²) in [5.74, 6) is 0.0963. The standard InChI is InChI=1S/C21H26N2O/c1-17-9-11-18(12-10-17)15-21(24)22-16-20(23-13-5-6-14-23)19-7-3-2-4-8-19/h2-4,7-12,20H,5-6,13-16H2,1H3,(H,22,24). The van der Waals surface area contributed by atoms with E-state index in [1.165, 1.54) is 24.0 Å². The molecule has 2 aromatic rings. The first-order valence-corrected chi connectivity index (χ1v) is 8.83. The minimum Gasteiger partial charge on any atom is -0.354 e. The third-order valence-corrected chi connectivity index (χ3v) is 4.74. The number of nitrogens with zero attached hydrogens (tertiary/aromatic N) is 1. The molecule has 0 aliphatic carbocycles. The molecule has 24 heavy (non-hydrogen) atoms. The van der Waals surface area contributed by atoms with Crippen LogP contribution in [0.15, 0.2) is 54.6 Å². The van der Waals surface area contributed by atoms with Gasteiger partial charge in [-0.2, -0.15) is 0 Å². The van der Waals surface area contributed by atoms with E-state index in [9.17, 15) is 4.79 Å². The van der Waals surface area contributed by atoms with Crippen LogP contribution in [0, 0.1) is 6.92 Å². The zero-order valence-corrected chi connectivity index (χ0v) is 14.4. The number of benzene rings is 2. The van der Waals surface area contributed by atoms with Crippen LogP contribution in [-0.4, -0.2) is 30.4 Å². The Kier molecular flexibility index (Phi) is 5.65. The second-order valence-electron chi connectivity index (χ2n) is 6.64. The zero-order valence-electron chi connectivity index (χ0n) is 14.4. The van der Waals surface area contributed by atoms with Crippen LogP contribution in [0.1, 0.15) is 35.6 Å². The molecule has 3 rings (SSSR count). The molecule has 1 aliphatic heterocycles. The predicted octanol–water partition coefficient (Wildman–Crippen LogP) is 3.49. The number of carbonyl (C=O) groups excluding carboxylic acids is 1. The molecule has 1 N–H and O–H groups in total. The second kappa shape index (κ2) is 8.11. The number of amides is 1. The summed E-state index contributed by atoms with van der Waals surface area (Å²) < 4.78 is 0. The molecule has 2 aromatic carbocycles. The maximum Gasteiger partial charge on any atom is 0.224 e. The predicted molar refractivity (Wildman–Crippen MR) is 97.9 cm³/mol. The van der Waals surface area contributed by atoms with Gasteiger partial charge in [0.2, 0.25) is 5.91 Å². The van der Waals surface area contributed by atoms with Crippen LogP contribution < -0.4 is 5.32 Å². The Morgan fingerprint density at radius 3 is 2.38 bits per heavy atom. The van der Waals surface area contributed by atoms with E-state index in [1.807, 2.05) is 18.2 Å². The fourth-order valence-corrected chi connectivity index (χ4v) is 3.35. The number of hydrogen-bond donors (Lipinski definition) is 1. The lowest BCUT2D eigenvalue weighted by molar-refractivity contribution is -0.120. The molecule has 1 fully saturated rings. The minimum absolute atomic E-state index is 0.0963. The van der Waals surface area contributed by atoms with Crippen LogP contribution in [-0.2, 0) is 11.2 Å². The first kappa shape index (κ1) is 16.7. The maximum absolute atomic E-state index is 12.3. The fraction of sp³-hybridized carbons (Fsp3) is 0.381. The average Bonchev–Trinajstić information content (AvgIpc) is 3.12. The van der Waals surface area contributed by atoms with Crippen molar-refractivity contribution in [1.29, 1.82) is 0 Å². The van der Waals surface area contributed by atoms with E-state index in [2.05, 4.69) is 53.5 Å². The molecule has 1 heterocycles. The lowest BCUT2D eigenvalue weighted by atomic mass is 10.1. The second-order valence-corrected chi connectivity index (χ2v) is 6.64. The van der Waals surface area contributed by atoms with Crippen molar-refractivity contribution >= 4 is 5.91 Å². The maximum atomic E-state index is 12.3. The molecule has 0 spiro atoms. The van der Waals surface area contributed by atoms with Crippen LogP contribution in [0.4, 0.5) is 0 Å². The average molecular weight is 322 g/mol. The smallest absolute Gasteiger partial charge is 0.224 e. The van der Waals surface area contributed by atoms with Crippen LogP contribution in [0.3, 0.4) is 0 Å². The molecular formula is C21H26N2O. The molecule has 3 heteroatoms. The summed E-state index contributed by atoms with van der Waals surface area (Å²) in [7, 11) is 0. The fourth-order valence-electron chi connectivity index (χ4n) is 3.35. The topological polar surface area (TPSA) is 32.3 Å². The summed E-state index contributed by atoms with van der Waals surface area (Å²) in [6.45, 7) is 4.97. The molecule has 0 bridgehead atoms. The summed E-state index contributed by atoms with van der Waals surface area (Å²) in [6.07, 6.45) is 2.95. The van der Waals surface area contributed by atoms with Gasteiger partial charge in [0.05, 0.1) is 12.5 Å². The van der Waals surface area contributed by atoms with E-state index in [0.717, 1.165) is 18.7 Å². The first-order valence-electron chi connectivity index (χ1n) is 8.83. The molecule has 0 aromatic heterocycles. The van der Waals surface area contributed by atoms with Crippen molar-refractivity contribution in [2.75, 3.05) is 19.6 Å². The monoisotopic (exact) mass is 322 g/mol. The van der Waals surface area contributed by atoms with E-state index in [4.69, 9.17) is 0 Å². The number of hydrogen-bond acceptors (Lipinski definition) is 2. The van der Waals surface area contributed by atoms with Gasteiger partial charge in [0, 0.05) is 6.54 Å². The molecule has 1 aliphatic rings. The Hall–Kier alpha value is -2.13. The number of likely N-dealkylation sites (tertiary alicyclic amines) is 1. The van der Waals surface area contributed by atoms with Crippen molar-refractivity contribution in [3.63, 3.8) is 0 Å². The van der Waals surface area contributed by atoms with Crippen LogP contribution in [0.25, 0.3) is 0 Å². The summed E-state index contributed by atoms with van der Waals surface area (Å²) in [6, 6.07) is 19.0. The van der Waals surface area contributed by atoms with Gasteiger partial charge in [-0.25, -0.2) is 0 Å². The molecule has 0 saturated carbocycles. The summed E-state index contributed by atoms with van der Waals surface area (Å²) in [4.78, 5) is 14.8. The van der Waals surface area contributed by atoms with Crippen LogP contribution in [0.2, 0.25) is 0 Å². The Bertz CT molecular complexity index is 645. The largest absolute Gasteiger partial charge is 0.354 e. The van der Waals surface area contributed by atoms with Crippen molar-refractivity contribution < 1.29 is 4.79 Å². The van der Waals surface area contributed by atoms with Crippen molar-refractivity contribution in [3.8, 4) is 0 Å². The number of nitrogens with one attached hydrogen (secondary N) is 1. The molecular weight excluding hydrogens is 296 g/mol. The third-order valence-electron chi connectivity index (χ3n) is 4.74. The highest BCUT2D eigenvalue weighted by Gasteiger charge is 2.23. The van der Waals surface area contributed by atoms with Gasteiger partial charge in [0.25, 0.3) is 0 Å². The van der Waals surface area contributed by atoms with E-state index < -0.39 is 0 Å². The van der Waals surface area contributed by atoms with E-state index in [-0.39, 0.29) is 11.9 Å². The van der Waals surface area contributed by atoms with Gasteiger partial charge < -0.3 is 5.32 Å². The quantitative estimate of drug-likeness (QED) is 0.883. The van der Waals surface area contributed by atoms with Crippen LogP contribution in [0.5, 0.6) is 0 Å². The van der Waals surface area contributed by atoms with Crippen molar-refractivity contribution in [1.82, 2.24) is 10.2 Å². The Morgan fingerprint density at radius 2 is 1.71 bits per heavy atom. The SMILES string of the molecule is Cc1ccc(CC(=O)NCC(c2ccccc2)N2CCCC2)cc1. The van der Waals surface area contributed by atoms with E-state index in [1.54, 1.807) is 0 Å². The highest BCUT2D eigenvalue weighted by molar-refractivity contribution is 5.78. The molecule has 0 radical (unpaired) electrons. The van der Waals surface area contributed by atoms with E-state index >= 15 is 0 Å². The van der Waals surface area contributed by atoms with Gasteiger partial charge in [-0.1, -0.05) is 60.2 Å². The zero-order chi connectivity index (χ0) is 16.8. The third kappa shape index (κ3) is 4.45. The lowest BCUT2D eigenvalue weighted by Crippen LogP contribution is -2.37. The summed E-state index contributed by atoms with van der Waals surface area (Å²) in [5, 5.41) is 3.14. The normalized spacial score (nSPS) is 16.0. The van der Waals surface area contributed by atoms with Crippen LogP contribution >= 0.6 is 0 Å². The Balaban J connectivity index is 1.60. The first-order chi connectivity index (χ1) is 11.7. The van der Waals surface area contributed by atoms with Crippen molar-refractivity contribution in [3.05, 3.63) is 71.3 Å². The summed E-state index contributed by atoms with van der Waals surface area (Å²) >= 11 is 0. The Morgan fingerprint density at radius 1 is 1.04 bits per heavy atom. The molecule has 3 nitrogen and oxygen atoms in total. The minimum atomic E-state index is 0.0963.